The molecule has 0 saturated carbocycles. The first-order valence-electron chi connectivity index (χ1n) is 8.80. The number of benzene rings is 3. The third-order valence-corrected chi connectivity index (χ3v) is 4.93. The van der Waals surface area contributed by atoms with Crippen LogP contribution in [0.1, 0.15) is 20.7 Å². The topological polar surface area (TPSA) is 93.7 Å². The number of furan rings is 1. The maximum Gasteiger partial charge on any atom is 0.442 e. The van der Waals surface area contributed by atoms with E-state index in [2.05, 4.69) is 0 Å². The molecule has 0 bridgehead atoms. The molecule has 0 unspecified atom stereocenters. The third kappa shape index (κ3) is 2.45. The van der Waals surface area contributed by atoms with Crippen molar-refractivity contribution in [1.29, 1.82) is 0 Å². The Kier molecular flexibility index (Phi) is 3.57. The number of imide groups is 1. The molecule has 0 fully saturated rings. The van der Waals surface area contributed by atoms with Gasteiger partial charge in [-0.15, -0.1) is 0 Å². The summed E-state index contributed by atoms with van der Waals surface area (Å²) < 4.78 is 5.46. The summed E-state index contributed by atoms with van der Waals surface area (Å²) in [6, 6.07) is 20.1. The van der Waals surface area contributed by atoms with Crippen molar-refractivity contribution in [3.63, 3.8) is 0 Å². The summed E-state index contributed by atoms with van der Waals surface area (Å²) in [5, 5.41) is 12.0. The highest BCUT2D eigenvalue weighted by Crippen LogP contribution is 2.41. The summed E-state index contributed by atoms with van der Waals surface area (Å²) in [4.78, 5) is 37.6. The van der Waals surface area contributed by atoms with E-state index in [0.29, 0.717) is 38.9 Å². The van der Waals surface area contributed by atoms with E-state index >= 15 is 0 Å². The minimum Gasteiger partial charge on any atom is -0.400 e. The van der Waals surface area contributed by atoms with Gasteiger partial charge in [-0.05, 0) is 35.9 Å². The van der Waals surface area contributed by atoms with Gasteiger partial charge in [0.25, 0.3) is 11.8 Å². The first-order chi connectivity index (χ1) is 14.1. The van der Waals surface area contributed by atoms with E-state index in [-0.39, 0.29) is 5.88 Å². The zero-order valence-corrected chi connectivity index (χ0v) is 14.9. The molecule has 1 aromatic heterocycles. The number of carbonyl (C=O) groups is 2. The number of hydrogen-bond donors (Lipinski definition) is 0. The van der Waals surface area contributed by atoms with E-state index in [1.807, 2.05) is 6.07 Å². The van der Waals surface area contributed by atoms with Crippen LogP contribution in [0.4, 0.5) is 11.6 Å². The molecular formula is C22H12N2O5. The summed E-state index contributed by atoms with van der Waals surface area (Å²) in [6.45, 7) is 0. The van der Waals surface area contributed by atoms with Crippen LogP contribution in [-0.4, -0.2) is 16.7 Å². The molecule has 1 aliphatic heterocycles. The Bertz CT molecular complexity index is 1290. The van der Waals surface area contributed by atoms with Gasteiger partial charge in [-0.25, -0.2) is 4.90 Å². The smallest absolute Gasteiger partial charge is 0.400 e. The summed E-state index contributed by atoms with van der Waals surface area (Å²) in [5.41, 5.74) is 2.21. The second kappa shape index (κ2) is 6.13. The molecule has 29 heavy (non-hydrogen) atoms. The SMILES string of the molecule is O=C1c2ccccc2C(=O)N1c1ccc2oc([N+](=O)[O-])c(-c3ccccc3)c2c1. The van der Waals surface area contributed by atoms with Crippen molar-refractivity contribution in [3.8, 4) is 11.1 Å². The van der Waals surface area contributed by atoms with Gasteiger partial charge in [0.15, 0.2) is 0 Å². The Balaban J connectivity index is 1.72. The van der Waals surface area contributed by atoms with Crippen LogP contribution in [-0.2, 0) is 0 Å². The van der Waals surface area contributed by atoms with Crippen LogP contribution >= 0.6 is 0 Å². The van der Waals surface area contributed by atoms with E-state index in [0.717, 1.165) is 4.90 Å². The molecule has 140 valence electrons. The molecule has 0 atom stereocenters. The molecule has 0 aliphatic carbocycles. The predicted molar refractivity (Wildman–Crippen MR) is 106 cm³/mol. The van der Waals surface area contributed by atoms with E-state index in [4.69, 9.17) is 4.42 Å². The lowest BCUT2D eigenvalue weighted by atomic mass is 10.0. The first-order valence-corrected chi connectivity index (χ1v) is 8.80. The van der Waals surface area contributed by atoms with E-state index < -0.39 is 16.7 Å². The van der Waals surface area contributed by atoms with Crippen molar-refractivity contribution >= 4 is 34.4 Å². The Labute approximate surface area is 163 Å². The summed E-state index contributed by atoms with van der Waals surface area (Å²) >= 11 is 0. The monoisotopic (exact) mass is 384 g/mol. The molecule has 2 heterocycles. The lowest BCUT2D eigenvalue weighted by Crippen LogP contribution is -2.29. The van der Waals surface area contributed by atoms with Gasteiger partial charge in [0.05, 0.1) is 16.8 Å². The maximum absolute atomic E-state index is 12.8. The molecule has 1 aliphatic rings. The van der Waals surface area contributed by atoms with Crippen molar-refractivity contribution in [3.05, 3.63) is 94.0 Å². The summed E-state index contributed by atoms with van der Waals surface area (Å²) in [5.74, 6) is -1.24. The molecule has 0 radical (unpaired) electrons. The second-order valence-electron chi connectivity index (χ2n) is 6.58. The van der Waals surface area contributed by atoms with Crippen molar-refractivity contribution in [2.75, 3.05) is 4.90 Å². The van der Waals surface area contributed by atoms with Gasteiger partial charge in [-0.1, -0.05) is 42.5 Å². The lowest BCUT2D eigenvalue weighted by Gasteiger charge is -2.13. The highest BCUT2D eigenvalue weighted by atomic mass is 16.6. The standard InChI is InChI=1S/C22H12N2O5/c25-20-15-8-4-5-9-16(15)21(26)23(20)14-10-11-18-17(12-14)19(22(29-18)24(27)28)13-6-2-1-3-7-13/h1-12H. The lowest BCUT2D eigenvalue weighted by molar-refractivity contribution is -0.400. The maximum atomic E-state index is 12.8. The molecule has 3 aromatic carbocycles. The number of rotatable bonds is 3. The average Bonchev–Trinajstić information content (AvgIpc) is 3.24. The largest absolute Gasteiger partial charge is 0.442 e. The highest BCUT2D eigenvalue weighted by Gasteiger charge is 2.37. The molecule has 2 amide bonds. The zero-order valence-electron chi connectivity index (χ0n) is 14.9. The molecular weight excluding hydrogens is 372 g/mol. The van der Waals surface area contributed by atoms with Gasteiger partial charge in [0.2, 0.25) is 0 Å². The van der Waals surface area contributed by atoms with Crippen LogP contribution in [0.25, 0.3) is 22.1 Å². The van der Waals surface area contributed by atoms with Gasteiger partial charge in [-0.2, -0.15) is 0 Å². The number of amides is 2. The van der Waals surface area contributed by atoms with E-state index in [9.17, 15) is 19.7 Å². The second-order valence-corrected chi connectivity index (χ2v) is 6.58. The fraction of sp³-hybridized carbons (Fsp3) is 0. The van der Waals surface area contributed by atoms with E-state index in [1.54, 1.807) is 60.7 Å². The number of carbonyl (C=O) groups excluding carboxylic acids is 2. The molecule has 0 spiro atoms. The predicted octanol–water partition coefficient (Wildman–Crippen LogP) is 4.81. The number of nitro groups is 1. The quantitative estimate of drug-likeness (QED) is 0.287. The molecule has 7 nitrogen and oxygen atoms in total. The molecule has 0 saturated heterocycles. The van der Waals surface area contributed by atoms with Crippen molar-refractivity contribution in [2.45, 2.75) is 0 Å². The fourth-order valence-corrected chi connectivity index (χ4v) is 3.65. The Morgan fingerprint density at radius 1 is 0.828 bits per heavy atom. The summed E-state index contributed by atoms with van der Waals surface area (Å²) in [7, 11) is 0. The van der Waals surface area contributed by atoms with Crippen LogP contribution in [0.3, 0.4) is 0 Å². The Morgan fingerprint density at radius 3 is 2.07 bits per heavy atom. The van der Waals surface area contributed by atoms with Gasteiger partial charge in [0.1, 0.15) is 16.1 Å². The molecule has 7 heteroatoms. The van der Waals surface area contributed by atoms with Crippen molar-refractivity contribution < 1.29 is 18.9 Å². The van der Waals surface area contributed by atoms with Crippen molar-refractivity contribution in [1.82, 2.24) is 0 Å². The third-order valence-electron chi connectivity index (χ3n) is 4.93. The fourth-order valence-electron chi connectivity index (χ4n) is 3.65. The van der Waals surface area contributed by atoms with Gasteiger partial charge in [-0.3, -0.25) is 19.7 Å². The van der Waals surface area contributed by atoms with Gasteiger partial charge < -0.3 is 4.42 Å². The van der Waals surface area contributed by atoms with Crippen LogP contribution in [0.5, 0.6) is 0 Å². The van der Waals surface area contributed by atoms with Crippen LogP contribution in [0.15, 0.2) is 77.2 Å². The van der Waals surface area contributed by atoms with Crippen LogP contribution < -0.4 is 4.90 Å². The number of anilines is 1. The zero-order chi connectivity index (χ0) is 20.1. The minimum absolute atomic E-state index is 0.302. The molecule has 4 aromatic rings. The number of hydrogen-bond acceptors (Lipinski definition) is 5. The molecule has 0 N–H and O–H groups in total. The minimum atomic E-state index is -0.579. The van der Waals surface area contributed by atoms with Gasteiger partial charge >= 0.3 is 5.88 Å². The molecule has 5 rings (SSSR count). The Morgan fingerprint density at radius 2 is 1.45 bits per heavy atom. The van der Waals surface area contributed by atoms with Gasteiger partial charge in [0, 0.05) is 5.39 Å². The van der Waals surface area contributed by atoms with Crippen LogP contribution in [0.2, 0.25) is 0 Å². The number of nitrogens with zero attached hydrogens (tertiary/aromatic N) is 2. The van der Waals surface area contributed by atoms with Crippen molar-refractivity contribution in [2.24, 2.45) is 0 Å². The summed E-state index contributed by atoms with van der Waals surface area (Å²) in [6.07, 6.45) is 0. The van der Waals surface area contributed by atoms with E-state index in [1.165, 1.54) is 6.07 Å². The van der Waals surface area contributed by atoms with Crippen LogP contribution in [0, 0.1) is 10.1 Å². The highest BCUT2D eigenvalue weighted by molar-refractivity contribution is 6.34. The number of fused-ring (bicyclic) bond motifs is 2. The average molecular weight is 384 g/mol. The normalized spacial score (nSPS) is 13.2. The Hall–Kier alpha value is -4.26. The first kappa shape index (κ1) is 16.9.